The highest BCUT2D eigenvalue weighted by atomic mass is 16.6. The Morgan fingerprint density at radius 3 is 2.58 bits per heavy atom. The van der Waals surface area contributed by atoms with E-state index in [1.165, 1.54) is 6.20 Å². The third kappa shape index (κ3) is 2.65. The first kappa shape index (κ1) is 13.3. The van der Waals surface area contributed by atoms with Crippen LogP contribution in [0.15, 0.2) is 30.5 Å². The van der Waals surface area contributed by atoms with E-state index in [1.54, 1.807) is 0 Å². The number of nitrogens with one attached hydrogen (secondary N) is 1. The normalized spacial score (nSPS) is 12.6. The molecule has 1 aromatic heterocycles. The second-order valence-corrected chi connectivity index (χ2v) is 4.97. The van der Waals surface area contributed by atoms with Crippen molar-refractivity contribution in [2.45, 2.75) is 26.8 Å². The Labute approximate surface area is 111 Å². The van der Waals surface area contributed by atoms with Crippen LogP contribution in [0.5, 0.6) is 0 Å². The lowest BCUT2D eigenvalue weighted by atomic mass is 10.1. The summed E-state index contributed by atoms with van der Waals surface area (Å²) in [5.41, 5.74) is 1.33. The minimum atomic E-state index is -0.394. The van der Waals surface area contributed by atoms with E-state index in [1.807, 2.05) is 31.2 Å². The maximum atomic E-state index is 11.1. The van der Waals surface area contributed by atoms with Crippen LogP contribution in [0.2, 0.25) is 0 Å². The van der Waals surface area contributed by atoms with Gasteiger partial charge in [-0.05, 0) is 18.9 Å². The lowest BCUT2D eigenvalue weighted by Crippen LogP contribution is -2.22. The predicted molar refractivity (Wildman–Crippen MR) is 76.3 cm³/mol. The second-order valence-electron chi connectivity index (χ2n) is 4.97. The lowest BCUT2D eigenvalue weighted by Gasteiger charge is -2.19. The molecule has 0 radical (unpaired) electrons. The first-order valence-corrected chi connectivity index (χ1v) is 6.29. The number of rotatable bonds is 4. The minimum absolute atomic E-state index is 0.0196. The Kier molecular flexibility index (Phi) is 3.64. The number of nitrogens with zero attached hydrogens (tertiary/aromatic N) is 2. The summed E-state index contributed by atoms with van der Waals surface area (Å²) in [7, 11) is 0. The van der Waals surface area contributed by atoms with Crippen molar-refractivity contribution in [3.63, 3.8) is 0 Å². The number of hydrogen-bond acceptors (Lipinski definition) is 4. The van der Waals surface area contributed by atoms with Gasteiger partial charge in [-0.25, -0.2) is 4.98 Å². The highest BCUT2D eigenvalue weighted by Gasteiger charge is 2.20. The van der Waals surface area contributed by atoms with Crippen LogP contribution in [0.1, 0.15) is 20.8 Å². The summed E-state index contributed by atoms with van der Waals surface area (Å²) in [5, 5.41) is 15.2. The second kappa shape index (κ2) is 5.22. The smallest absolute Gasteiger partial charge is 0.311 e. The van der Waals surface area contributed by atoms with Gasteiger partial charge < -0.3 is 5.32 Å². The molecule has 0 saturated heterocycles. The van der Waals surface area contributed by atoms with Crippen LogP contribution in [-0.4, -0.2) is 15.9 Å². The molecule has 0 fully saturated rings. The zero-order valence-electron chi connectivity index (χ0n) is 11.3. The van der Waals surface area contributed by atoms with E-state index in [0.29, 0.717) is 11.6 Å². The van der Waals surface area contributed by atoms with E-state index in [9.17, 15) is 10.1 Å². The molecule has 0 spiro atoms. The number of aromatic nitrogens is 1. The highest BCUT2D eigenvalue weighted by molar-refractivity contribution is 5.95. The quantitative estimate of drug-likeness (QED) is 0.672. The molecule has 0 aliphatic rings. The molecular weight excluding hydrogens is 242 g/mol. The third-order valence-corrected chi connectivity index (χ3v) is 3.32. The van der Waals surface area contributed by atoms with E-state index >= 15 is 0 Å². The Bertz CT molecular complexity index is 611. The van der Waals surface area contributed by atoms with Gasteiger partial charge in [0.1, 0.15) is 11.9 Å². The van der Waals surface area contributed by atoms with Gasteiger partial charge in [0, 0.05) is 11.4 Å². The van der Waals surface area contributed by atoms with Crippen molar-refractivity contribution in [3.05, 3.63) is 40.6 Å². The van der Waals surface area contributed by atoms with Crippen LogP contribution in [-0.2, 0) is 0 Å². The molecule has 19 heavy (non-hydrogen) atoms. The summed E-state index contributed by atoms with van der Waals surface area (Å²) >= 11 is 0. The van der Waals surface area contributed by atoms with Crippen molar-refractivity contribution in [2.75, 3.05) is 5.32 Å². The third-order valence-electron chi connectivity index (χ3n) is 3.32. The largest absolute Gasteiger partial charge is 0.376 e. The van der Waals surface area contributed by atoms with Crippen LogP contribution in [0.4, 0.5) is 11.4 Å². The number of hydrogen-bond donors (Lipinski definition) is 1. The topological polar surface area (TPSA) is 68.1 Å². The van der Waals surface area contributed by atoms with E-state index < -0.39 is 4.92 Å². The summed E-state index contributed by atoms with van der Waals surface area (Å²) < 4.78 is 0. The molecule has 0 aliphatic carbocycles. The van der Waals surface area contributed by atoms with Gasteiger partial charge in [0.2, 0.25) is 0 Å². The van der Waals surface area contributed by atoms with Crippen LogP contribution >= 0.6 is 0 Å². The van der Waals surface area contributed by atoms with Gasteiger partial charge in [0.05, 0.1) is 10.4 Å². The van der Waals surface area contributed by atoms with Crippen molar-refractivity contribution in [3.8, 4) is 0 Å². The van der Waals surface area contributed by atoms with E-state index in [4.69, 9.17) is 0 Å². The van der Waals surface area contributed by atoms with Crippen LogP contribution < -0.4 is 5.32 Å². The Morgan fingerprint density at radius 1 is 1.26 bits per heavy atom. The van der Waals surface area contributed by atoms with Crippen molar-refractivity contribution < 1.29 is 4.92 Å². The van der Waals surface area contributed by atoms with Crippen molar-refractivity contribution in [2.24, 2.45) is 5.92 Å². The Hall–Kier alpha value is -2.17. The number of para-hydroxylation sites is 1. The number of fused-ring (bicyclic) bond motifs is 1. The molecule has 1 N–H and O–H groups in total. The maximum Gasteiger partial charge on any atom is 0.311 e. The Morgan fingerprint density at radius 2 is 1.95 bits per heavy atom. The fourth-order valence-electron chi connectivity index (χ4n) is 1.82. The molecule has 0 saturated carbocycles. The van der Waals surface area contributed by atoms with Crippen molar-refractivity contribution >= 4 is 22.3 Å². The number of pyridine rings is 1. The fourth-order valence-corrected chi connectivity index (χ4v) is 1.82. The van der Waals surface area contributed by atoms with Crippen molar-refractivity contribution in [1.82, 2.24) is 4.98 Å². The van der Waals surface area contributed by atoms with Gasteiger partial charge in [-0.1, -0.05) is 32.0 Å². The molecule has 1 heterocycles. The molecule has 0 bridgehead atoms. The highest BCUT2D eigenvalue weighted by Crippen LogP contribution is 2.32. The fraction of sp³-hybridized carbons (Fsp3) is 0.357. The molecular formula is C14H17N3O2. The molecule has 2 aromatic rings. The molecule has 5 nitrogen and oxygen atoms in total. The Balaban J connectivity index is 2.59. The molecule has 1 aromatic carbocycles. The number of anilines is 1. The van der Waals surface area contributed by atoms with Crippen LogP contribution in [0.25, 0.3) is 10.9 Å². The average molecular weight is 259 g/mol. The van der Waals surface area contributed by atoms with Crippen molar-refractivity contribution in [1.29, 1.82) is 0 Å². The van der Waals surface area contributed by atoms with Gasteiger partial charge in [-0.3, -0.25) is 10.1 Å². The summed E-state index contributed by atoms with van der Waals surface area (Å²) in [6.45, 7) is 6.17. The zero-order valence-corrected chi connectivity index (χ0v) is 11.3. The van der Waals surface area contributed by atoms with E-state index in [0.717, 1.165) is 10.9 Å². The van der Waals surface area contributed by atoms with E-state index in [-0.39, 0.29) is 11.7 Å². The molecule has 0 amide bonds. The SMILES string of the molecule is CC(C)C(C)Nc1c([N+](=O)[O-])cnc2ccccc12. The first-order chi connectivity index (χ1) is 9.00. The molecule has 5 heteroatoms. The number of nitro groups is 1. The van der Waals surface area contributed by atoms with Gasteiger partial charge in [0.25, 0.3) is 0 Å². The van der Waals surface area contributed by atoms with Crippen LogP contribution in [0, 0.1) is 16.0 Å². The van der Waals surface area contributed by atoms with Gasteiger partial charge in [0.15, 0.2) is 0 Å². The zero-order chi connectivity index (χ0) is 14.0. The lowest BCUT2D eigenvalue weighted by molar-refractivity contribution is -0.384. The summed E-state index contributed by atoms with van der Waals surface area (Å²) in [6, 6.07) is 7.58. The standard InChI is InChI=1S/C14H17N3O2/c1-9(2)10(3)16-14-11-6-4-5-7-12(11)15-8-13(14)17(18)19/h4-10H,1-3H3,(H,15,16). The summed E-state index contributed by atoms with van der Waals surface area (Å²) in [6.07, 6.45) is 1.32. The average Bonchev–Trinajstić information content (AvgIpc) is 2.38. The number of benzene rings is 1. The molecule has 1 unspecified atom stereocenters. The molecule has 100 valence electrons. The van der Waals surface area contributed by atoms with Crippen LogP contribution in [0.3, 0.4) is 0 Å². The molecule has 1 atom stereocenters. The first-order valence-electron chi connectivity index (χ1n) is 6.29. The molecule has 2 rings (SSSR count). The van der Waals surface area contributed by atoms with Gasteiger partial charge in [-0.2, -0.15) is 0 Å². The minimum Gasteiger partial charge on any atom is -0.376 e. The van der Waals surface area contributed by atoms with Gasteiger partial charge in [-0.15, -0.1) is 0 Å². The predicted octanol–water partition coefficient (Wildman–Crippen LogP) is 3.60. The molecule has 0 aliphatic heterocycles. The van der Waals surface area contributed by atoms with Gasteiger partial charge >= 0.3 is 5.69 Å². The summed E-state index contributed by atoms with van der Waals surface area (Å²) in [4.78, 5) is 14.9. The summed E-state index contributed by atoms with van der Waals surface area (Å²) in [5.74, 6) is 0.381. The maximum absolute atomic E-state index is 11.1. The van der Waals surface area contributed by atoms with E-state index in [2.05, 4.69) is 24.1 Å². The monoisotopic (exact) mass is 259 g/mol.